The van der Waals surface area contributed by atoms with Crippen LogP contribution in [-0.4, -0.2) is 42.2 Å². The zero-order chi connectivity index (χ0) is 21.0. The largest absolute Gasteiger partial charge is 0.333 e. The molecule has 6 nitrogen and oxygen atoms in total. The average Bonchev–Trinajstić information content (AvgIpc) is 3.15. The van der Waals surface area contributed by atoms with Gasteiger partial charge in [0.05, 0.1) is 18.3 Å². The Balaban J connectivity index is 1.31. The number of hydrogen-bond donors (Lipinski definition) is 1. The lowest BCUT2D eigenvalue weighted by Crippen LogP contribution is -2.32. The summed E-state index contributed by atoms with van der Waals surface area (Å²) in [6.07, 6.45) is 7.36. The highest BCUT2D eigenvalue weighted by Gasteiger charge is 2.21. The summed E-state index contributed by atoms with van der Waals surface area (Å²) in [5.41, 5.74) is 4.22. The molecule has 0 aliphatic carbocycles. The summed E-state index contributed by atoms with van der Waals surface area (Å²) in [5.74, 6) is 0.457. The van der Waals surface area contributed by atoms with Crippen LogP contribution in [0.15, 0.2) is 67.1 Å². The molecule has 1 aliphatic heterocycles. The summed E-state index contributed by atoms with van der Waals surface area (Å²) in [7, 11) is -3.25. The minimum atomic E-state index is -3.25. The standard InChI is InChI=1S/C23H28N4O2S/c1-30(28,29)25-22-9-5-8-21(14-22)20-10-12-26(13-11-20)16-23-17-27(18-24-23)15-19-6-3-2-4-7-19/h2-9,14,17-18,20,25H,10-13,15-16H2,1H3. The molecule has 0 amide bonds. The first kappa shape index (κ1) is 20.6. The molecule has 4 rings (SSSR count). The number of piperidine rings is 1. The van der Waals surface area contributed by atoms with E-state index < -0.39 is 10.0 Å². The Labute approximate surface area is 178 Å². The maximum Gasteiger partial charge on any atom is 0.229 e. The Kier molecular flexibility index (Phi) is 6.20. The molecular weight excluding hydrogens is 396 g/mol. The van der Waals surface area contributed by atoms with Gasteiger partial charge >= 0.3 is 0 Å². The van der Waals surface area contributed by atoms with Gasteiger partial charge in [0.15, 0.2) is 0 Å². The summed E-state index contributed by atoms with van der Waals surface area (Å²) in [4.78, 5) is 7.03. The normalized spacial score (nSPS) is 15.9. The fourth-order valence-electron chi connectivity index (χ4n) is 4.09. The summed E-state index contributed by atoms with van der Waals surface area (Å²) in [5, 5.41) is 0. The van der Waals surface area contributed by atoms with Crippen molar-refractivity contribution in [3.63, 3.8) is 0 Å². The second kappa shape index (κ2) is 9.02. The summed E-state index contributed by atoms with van der Waals surface area (Å²) in [6, 6.07) is 18.2. The molecule has 1 N–H and O–H groups in total. The van der Waals surface area contributed by atoms with Gasteiger partial charge in [0.2, 0.25) is 10.0 Å². The van der Waals surface area contributed by atoms with Gasteiger partial charge in [0.25, 0.3) is 0 Å². The third-order valence-corrected chi connectivity index (χ3v) is 6.14. The van der Waals surface area contributed by atoms with Gasteiger partial charge in [-0.15, -0.1) is 0 Å². The molecule has 0 atom stereocenters. The van der Waals surface area contributed by atoms with Crippen molar-refractivity contribution in [3.8, 4) is 0 Å². The van der Waals surface area contributed by atoms with Crippen molar-refractivity contribution in [1.29, 1.82) is 0 Å². The van der Waals surface area contributed by atoms with Crippen LogP contribution in [0.25, 0.3) is 0 Å². The first-order chi connectivity index (χ1) is 14.4. The molecule has 158 valence electrons. The van der Waals surface area contributed by atoms with E-state index >= 15 is 0 Å². The van der Waals surface area contributed by atoms with Gasteiger partial charge in [-0.2, -0.15) is 0 Å². The topological polar surface area (TPSA) is 67.2 Å². The van der Waals surface area contributed by atoms with Gasteiger partial charge in [-0.1, -0.05) is 42.5 Å². The Hall–Kier alpha value is -2.64. The van der Waals surface area contributed by atoms with Gasteiger partial charge in [-0.05, 0) is 55.1 Å². The third-order valence-electron chi connectivity index (χ3n) is 5.53. The lowest BCUT2D eigenvalue weighted by atomic mass is 9.89. The molecule has 2 heterocycles. The number of likely N-dealkylation sites (tertiary alicyclic amines) is 1. The first-order valence-electron chi connectivity index (χ1n) is 10.3. The quantitative estimate of drug-likeness (QED) is 0.628. The highest BCUT2D eigenvalue weighted by molar-refractivity contribution is 7.92. The molecule has 1 saturated heterocycles. The summed E-state index contributed by atoms with van der Waals surface area (Å²) in [6.45, 7) is 3.73. The van der Waals surface area contributed by atoms with Crippen molar-refractivity contribution in [2.45, 2.75) is 31.8 Å². The molecule has 0 spiro atoms. The van der Waals surface area contributed by atoms with E-state index in [2.05, 4.69) is 55.7 Å². The maximum absolute atomic E-state index is 11.5. The van der Waals surface area contributed by atoms with Crippen LogP contribution in [-0.2, 0) is 23.1 Å². The van der Waals surface area contributed by atoms with Gasteiger partial charge < -0.3 is 4.57 Å². The van der Waals surface area contributed by atoms with Crippen LogP contribution in [0, 0.1) is 0 Å². The lowest BCUT2D eigenvalue weighted by molar-refractivity contribution is 0.203. The predicted molar refractivity (Wildman–Crippen MR) is 120 cm³/mol. The van der Waals surface area contributed by atoms with Gasteiger partial charge in [-0.25, -0.2) is 13.4 Å². The second-order valence-corrected chi connectivity index (χ2v) is 9.82. The molecule has 3 aromatic rings. The van der Waals surface area contributed by atoms with E-state index in [1.165, 1.54) is 17.4 Å². The minimum absolute atomic E-state index is 0.457. The van der Waals surface area contributed by atoms with E-state index in [-0.39, 0.29) is 0 Å². The molecule has 7 heteroatoms. The Morgan fingerprint density at radius 1 is 1.03 bits per heavy atom. The molecule has 1 aliphatic rings. The number of nitrogens with zero attached hydrogens (tertiary/aromatic N) is 3. The number of hydrogen-bond acceptors (Lipinski definition) is 4. The zero-order valence-electron chi connectivity index (χ0n) is 17.2. The Morgan fingerprint density at radius 2 is 1.80 bits per heavy atom. The van der Waals surface area contributed by atoms with E-state index in [1.807, 2.05) is 24.5 Å². The molecule has 0 saturated carbocycles. The smallest absolute Gasteiger partial charge is 0.229 e. The van der Waals surface area contributed by atoms with Crippen molar-refractivity contribution < 1.29 is 8.42 Å². The highest BCUT2D eigenvalue weighted by atomic mass is 32.2. The SMILES string of the molecule is CS(=O)(=O)Nc1cccc(C2CCN(Cc3cn(Cc4ccccc4)cn3)CC2)c1. The summed E-state index contributed by atoms with van der Waals surface area (Å²) < 4.78 is 27.7. The van der Waals surface area contributed by atoms with E-state index in [0.717, 1.165) is 44.7 Å². The third kappa shape index (κ3) is 5.70. The van der Waals surface area contributed by atoms with Crippen molar-refractivity contribution in [2.24, 2.45) is 0 Å². The van der Waals surface area contributed by atoms with Crippen LogP contribution in [0.2, 0.25) is 0 Å². The molecule has 0 unspecified atom stereocenters. The van der Waals surface area contributed by atoms with E-state index in [4.69, 9.17) is 0 Å². The highest BCUT2D eigenvalue weighted by Crippen LogP contribution is 2.30. The Bertz CT molecular complexity index is 1070. The van der Waals surface area contributed by atoms with Crippen LogP contribution in [0.4, 0.5) is 5.69 Å². The maximum atomic E-state index is 11.5. The number of imidazole rings is 1. The molecule has 30 heavy (non-hydrogen) atoms. The van der Waals surface area contributed by atoms with Crippen LogP contribution in [0.3, 0.4) is 0 Å². The molecule has 1 fully saturated rings. The van der Waals surface area contributed by atoms with Crippen molar-refractivity contribution in [2.75, 3.05) is 24.1 Å². The molecule has 0 bridgehead atoms. The van der Waals surface area contributed by atoms with E-state index in [0.29, 0.717) is 11.6 Å². The van der Waals surface area contributed by atoms with Crippen molar-refractivity contribution in [1.82, 2.24) is 14.5 Å². The van der Waals surface area contributed by atoms with Gasteiger partial charge in [0.1, 0.15) is 0 Å². The fraction of sp³-hybridized carbons (Fsp3) is 0.348. The average molecular weight is 425 g/mol. The molecule has 0 radical (unpaired) electrons. The molecular formula is C23H28N4O2S. The van der Waals surface area contributed by atoms with Crippen LogP contribution >= 0.6 is 0 Å². The fourth-order valence-corrected chi connectivity index (χ4v) is 4.65. The lowest BCUT2D eigenvalue weighted by Gasteiger charge is -2.31. The minimum Gasteiger partial charge on any atom is -0.333 e. The predicted octanol–water partition coefficient (Wildman–Crippen LogP) is 3.68. The number of sulfonamides is 1. The first-order valence-corrected chi connectivity index (χ1v) is 12.2. The molecule has 2 aromatic carbocycles. The second-order valence-electron chi connectivity index (χ2n) is 8.07. The zero-order valence-corrected chi connectivity index (χ0v) is 18.1. The summed E-state index contributed by atoms with van der Waals surface area (Å²) >= 11 is 0. The Morgan fingerprint density at radius 3 is 2.53 bits per heavy atom. The number of anilines is 1. The van der Waals surface area contributed by atoms with Crippen LogP contribution < -0.4 is 4.72 Å². The van der Waals surface area contributed by atoms with Gasteiger partial charge in [-0.3, -0.25) is 9.62 Å². The number of benzene rings is 2. The number of aromatic nitrogens is 2. The van der Waals surface area contributed by atoms with Crippen molar-refractivity contribution in [3.05, 3.63) is 83.9 Å². The van der Waals surface area contributed by atoms with E-state index in [9.17, 15) is 8.42 Å². The van der Waals surface area contributed by atoms with E-state index in [1.54, 1.807) is 6.07 Å². The number of nitrogens with one attached hydrogen (secondary N) is 1. The number of rotatable bonds is 7. The van der Waals surface area contributed by atoms with Gasteiger partial charge in [0, 0.05) is 25.0 Å². The van der Waals surface area contributed by atoms with Crippen LogP contribution in [0.1, 0.15) is 35.6 Å². The van der Waals surface area contributed by atoms with Crippen LogP contribution in [0.5, 0.6) is 0 Å². The van der Waals surface area contributed by atoms with Crippen molar-refractivity contribution >= 4 is 15.7 Å². The monoisotopic (exact) mass is 424 g/mol. The molecule has 1 aromatic heterocycles.